The van der Waals surface area contributed by atoms with E-state index in [1.165, 1.54) is 0 Å². The summed E-state index contributed by atoms with van der Waals surface area (Å²) < 4.78 is 39.6. The molecule has 112 valence electrons. The Hall–Kier alpha value is -1.95. The summed E-state index contributed by atoms with van der Waals surface area (Å²) in [5.74, 6) is -3.81. The maximum atomic E-state index is 13.3. The number of nitrogens with one attached hydrogen (secondary N) is 1. The van der Waals surface area contributed by atoms with Crippen LogP contribution in [0, 0.1) is 24.4 Å². The molecule has 0 saturated carbocycles. The number of hydrogen-bond donors (Lipinski definition) is 1. The lowest BCUT2D eigenvalue weighted by atomic mass is 10.2. The maximum absolute atomic E-state index is 13.3. The molecule has 3 nitrogen and oxygen atoms in total. The van der Waals surface area contributed by atoms with Gasteiger partial charge in [-0.25, -0.2) is 23.1 Å². The van der Waals surface area contributed by atoms with Gasteiger partial charge >= 0.3 is 0 Å². The standard InChI is InChI=1S/C15H16F3N3/c1-3-4-19-8-11-5-9(2)20-15(21-11)10-6-12(16)14(18)13(17)7-10/h5-7,19H,3-4,8H2,1-2H3. The topological polar surface area (TPSA) is 37.8 Å². The van der Waals surface area contributed by atoms with Crippen molar-refractivity contribution < 1.29 is 13.2 Å². The minimum Gasteiger partial charge on any atom is -0.311 e. The molecule has 0 aliphatic heterocycles. The Labute approximate surface area is 121 Å². The van der Waals surface area contributed by atoms with Gasteiger partial charge in [0.25, 0.3) is 0 Å². The van der Waals surface area contributed by atoms with Crippen LogP contribution in [0.25, 0.3) is 11.4 Å². The molecule has 2 aromatic rings. The van der Waals surface area contributed by atoms with Gasteiger partial charge in [0, 0.05) is 17.8 Å². The largest absolute Gasteiger partial charge is 0.311 e. The average Bonchev–Trinajstić information content (AvgIpc) is 2.44. The number of aryl methyl sites for hydroxylation is 1. The van der Waals surface area contributed by atoms with Gasteiger partial charge in [-0.3, -0.25) is 0 Å². The first kappa shape index (κ1) is 15.4. The van der Waals surface area contributed by atoms with Crippen molar-refractivity contribution in [1.82, 2.24) is 15.3 Å². The average molecular weight is 295 g/mol. The van der Waals surface area contributed by atoms with Crippen LogP contribution in [0.1, 0.15) is 24.7 Å². The van der Waals surface area contributed by atoms with E-state index >= 15 is 0 Å². The van der Waals surface area contributed by atoms with Gasteiger partial charge < -0.3 is 5.32 Å². The van der Waals surface area contributed by atoms with E-state index in [2.05, 4.69) is 15.3 Å². The van der Waals surface area contributed by atoms with Crippen LogP contribution in [-0.4, -0.2) is 16.5 Å². The molecule has 0 spiro atoms. The molecule has 0 amide bonds. The van der Waals surface area contributed by atoms with Crippen molar-refractivity contribution >= 4 is 0 Å². The molecule has 0 unspecified atom stereocenters. The zero-order valence-electron chi connectivity index (χ0n) is 11.9. The molecule has 6 heteroatoms. The molecule has 1 N–H and O–H groups in total. The van der Waals surface area contributed by atoms with E-state index < -0.39 is 17.5 Å². The molecule has 1 aromatic carbocycles. The fourth-order valence-electron chi connectivity index (χ4n) is 1.93. The molecule has 1 heterocycles. The van der Waals surface area contributed by atoms with Crippen molar-refractivity contribution in [2.45, 2.75) is 26.8 Å². The van der Waals surface area contributed by atoms with Gasteiger partial charge in [-0.05, 0) is 38.1 Å². The van der Waals surface area contributed by atoms with Gasteiger partial charge in [0.05, 0.1) is 5.69 Å². The van der Waals surface area contributed by atoms with E-state index in [0.29, 0.717) is 12.2 Å². The SMILES string of the molecule is CCCNCc1cc(C)nc(-c2cc(F)c(F)c(F)c2)n1. The third-order valence-corrected chi connectivity index (χ3v) is 2.88. The van der Waals surface area contributed by atoms with Gasteiger partial charge in [-0.15, -0.1) is 0 Å². The molecule has 0 aliphatic rings. The van der Waals surface area contributed by atoms with Crippen LogP contribution < -0.4 is 5.32 Å². The highest BCUT2D eigenvalue weighted by Crippen LogP contribution is 2.21. The van der Waals surface area contributed by atoms with Crippen LogP contribution >= 0.6 is 0 Å². The van der Waals surface area contributed by atoms with Crippen LogP contribution in [0.15, 0.2) is 18.2 Å². The number of rotatable bonds is 5. The van der Waals surface area contributed by atoms with Crippen molar-refractivity contribution in [2.75, 3.05) is 6.54 Å². The fourth-order valence-corrected chi connectivity index (χ4v) is 1.93. The Morgan fingerprint density at radius 2 is 1.71 bits per heavy atom. The minimum atomic E-state index is -1.49. The van der Waals surface area contributed by atoms with Gasteiger partial charge in [-0.1, -0.05) is 6.92 Å². The third kappa shape index (κ3) is 3.78. The Balaban J connectivity index is 2.35. The molecule has 0 atom stereocenters. The Kier molecular flexibility index (Phi) is 4.90. The summed E-state index contributed by atoms with van der Waals surface area (Å²) in [6, 6.07) is 3.59. The van der Waals surface area contributed by atoms with Crippen LogP contribution in [0.5, 0.6) is 0 Å². The van der Waals surface area contributed by atoms with Crippen LogP contribution in [0.3, 0.4) is 0 Å². The summed E-state index contributed by atoms with van der Waals surface area (Å²) in [5.41, 5.74) is 1.52. The fraction of sp³-hybridized carbons (Fsp3) is 0.333. The van der Waals surface area contributed by atoms with Crippen molar-refractivity contribution in [3.05, 3.63) is 47.0 Å². The second kappa shape index (κ2) is 6.67. The second-order valence-electron chi connectivity index (χ2n) is 4.75. The monoisotopic (exact) mass is 295 g/mol. The summed E-state index contributed by atoms with van der Waals surface area (Å²) in [4.78, 5) is 8.41. The van der Waals surface area contributed by atoms with E-state index in [1.807, 2.05) is 6.92 Å². The van der Waals surface area contributed by atoms with E-state index in [-0.39, 0.29) is 11.4 Å². The number of benzene rings is 1. The van der Waals surface area contributed by atoms with Crippen molar-refractivity contribution in [2.24, 2.45) is 0 Å². The Morgan fingerprint density at radius 1 is 1.05 bits per heavy atom. The van der Waals surface area contributed by atoms with Gasteiger partial charge in [0.15, 0.2) is 23.3 Å². The predicted octanol–water partition coefficient (Wildman–Crippen LogP) is 3.37. The second-order valence-corrected chi connectivity index (χ2v) is 4.75. The molecule has 0 bridgehead atoms. The van der Waals surface area contributed by atoms with Crippen molar-refractivity contribution in [1.29, 1.82) is 0 Å². The van der Waals surface area contributed by atoms with Gasteiger partial charge in [0.2, 0.25) is 0 Å². The van der Waals surface area contributed by atoms with Crippen LogP contribution in [-0.2, 0) is 6.54 Å². The first-order valence-corrected chi connectivity index (χ1v) is 6.71. The molecule has 0 saturated heterocycles. The maximum Gasteiger partial charge on any atom is 0.194 e. The van der Waals surface area contributed by atoms with E-state index in [9.17, 15) is 13.2 Å². The zero-order valence-corrected chi connectivity index (χ0v) is 11.9. The minimum absolute atomic E-state index is 0.117. The zero-order chi connectivity index (χ0) is 15.4. The molecule has 1 aromatic heterocycles. The van der Waals surface area contributed by atoms with Gasteiger partial charge in [0.1, 0.15) is 0 Å². The highest BCUT2D eigenvalue weighted by Gasteiger charge is 2.14. The van der Waals surface area contributed by atoms with Crippen molar-refractivity contribution in [3.63, 3.8) is 0 Å². The lowest BCUT2D eigenvalue weighted by Gasteiger charge is -2.08. The summed E-state index contributed by atoms with van der Waals surface area (Å²) >= 11 is 0. The predicted molar refractivity (Wildman–Crippen MR) is 74.1 cm³/mol. The molecular weight excluding hydrogens is 279 g/mol. The molecule has 0 fully saturated rings. The number of hydrogen-bond acceptors (Lipinski definition) is 3. The summed E-state index contributed by atoms with van der Waals surface area (Å²) in [6.45, 7) is 5.20. The molecular formula is C15H16F3N3. The van der Waals surface area contributed by atoms with Gasteiger partial charge in [-0.2, -0.15) is 0 Å². The Morgan fingerprint density at radius 3 is 2.33 bits per heavy atom. The normalized spacial score (nSPS) is 10.9. The Bertz CT molecular complexity index is 621. The van der Waals surface area contributed by atoms with E-state index in [0.717, 1.165) is 30.8 Å². The van der Waals surface area contributed by atoms with Crippen molar-refractivity contribution in [3.8, 4) is 11.4 Å². The lowest BCUT2D eigenvalue weighted by molar-refractivity contribution is 0.447. The summed E-state index contributed by atoms with van der Waals surface area (Å²) in [5, 5.41) is 3.19. The smallest absolute Gasteiger partial charge is 0.194 e. The molecule has 0 radical (unpaired) electrons. The molecule has 2 rings (SSSR count). The summed E-state index contributed by atoms with van der Waals surface area (Å²) in [7, 11) is 0. The third-order valence-electron chi connectivity index (χ3n) is 2.88. The highest BCUT2D eigenvalue weighted by atomic mass is 19.2. The van der Waals surface area contributed by atoms with E-state index in [4.69, 9.17) is 0 Å². The molecule has 0 aliphatic carbocycles. The lowest BCUT2D eigenvalue weighted by Crippen LogP contribution is -2.15. The number of aromatic nitrogens is 2. The quantitative estimate of drug-likeness (QED) is 0.679. The summed E-state index contributed by atoms with van der Waals surface area (Å²) in [6.07, 6.45) is 0.991. The first-order valence-electron chi connectivity index (χ1n) is 6.71. The molecule has 21 heavy (non-hydrogen) atoms. The van der Waals surface area contributed by atoms with Crippen LogP contribution in [0.4, 0.5) is 13.2 Å². The highest BCUT2D eigenvalue weighted by molar-refractivity contribution is 5.55. The van der Waals surface area contributed by atoms with E-state index in [1.54, 1.807) is 13.0 Å². The first-order chi connectivity index (χ1) is 10.0. The number of halogens is 3. The van der Waals surface area contributed by atoms with Crippen LogP contribution in [0.2, 0.25) is 0 Å². The number of nitrogens with zero attached hydrogens (tertiary/aromatic N) is 2.